The van der Waals surface area contributed by atoms with Crippen LogP contribution in [0.15, 0.2) is 238 Å². The number of nitrogens with zero attached hydrogens (tertiary/aromatic N) is 12. The first kappa shape index (κ1) is 87.9. The maximum absolute atomic E-state index is 13.6. The third-order valence-electron chi connectivity index (χ3n) is 25.1. The molecule has 0 radical (unpaired) electrons. The van der Waals surface area contributed by atoms with Crippen molar-refractivity contribution >= 4 is 127 Å². The highest BCUT2D eigenvalue weighted by atomic mass is 35.5. The number of benzene rings is 9. The van der Waals surface area contributed by atoms with Crippen molar-refractivity contribution in [1.29, 1.82) is 0 Å². The minimum absolute atomic E-state index is 0.109. The van der Waals surface area contributed by atoms with E-state index in [2.05, 4.69) is 88.7 Å². The number of anilines is 1. The summed E-state index contributed by atoms with van der Waals surface area (Å²) in [5, 5.41) is 57.0. The number of aliphatic hydroxyl groups is 4. The predicted octanol–water partition coefficient (Wildman–Crippen LogP) is 13.8. The molecule has 29 heteroatoms. The number of fused-ring (bicyclic) bond motifs is 12. The predicted molar refractivity (Wildman–Crippen MR) is 505 cm³/mol. The Labute approximate surface area is 755 Å². The van der Waals surface area contributed by atoms with E-state index in [9.17, 15) is 39.6 Å². The van der Waals surface area contributed by atoms with Gasteiger partial charge in [0.1, 0.15) is 10.3 Å². The van der Waals surface area contributed by atoms with Crippen LogP contribution in [0.1, 0.15) is 100 Å². The van der Waals surface area contributed by atoms with Crippen molar-refractivity contribution in [2.75, 3.05) is 97.3 Å². The number of aromatic nitrogens is 11. The van der Waals surface area contributed by atoms with Crippen LogP contribution in [-0.4, -0.2) is 190 Å². The van der Waals surface area contributed by atoms with Crippen LogP contribution in [0.2, 0.25) is 10.3 Å². The van der Waals surface area contributed by atoms with Crippen molar-refractivity contribution in [3.63, 3.8) is 0 Å². The average Bonchev–Trinajstić information content (AvgIpc) is 0.763. The Morgan fingerprint density at radius 3 is 1.09 bits per heavy atom. The van der Waals surface area contributed by atoms with E-state index in [1.54, 1.807) is 68.5 Å². The fourth-order valence-electron chi connectivity index (χ4n) is 18.7. The molecule has 7 aromatic heterocycles. The molecule has 5 saturated heterocycles. The first-order valence-electron chi connectivity index (χ1n) is 43.5. The number of aryl methyl sites for hydroxylation is 1. The standard InChI is InChI=1S/C28H30N4O3.C24H22ClN3O4.C24H22ClN3O3.C24H23N3O3S/c33-26-17-35-14-9-25(26)32-18-30-27-23-4-2-1-3-22(23)20(16-24(27)28(32)34)15-19-5-7-21(8-6-19)31-12-10-29-11-13-31;1-31-22-10-14(9-21(25)27-22)8-15-11-18-23(17-5-3-2-4-16(15)17)26-13-28(24(18)30)19-6-7-32-12-20(19)29;1-14-8-15(10-22(25)27-14)9-16-11-19-23(18-5-3-2-4-17(16)18)26-13-28(24(19)30)20-6-7-31-12-21(20)29;1-31-22-11-15(6-8-25-22)10-16-12-19-23(18-5-3-2-4-17(16)18)26-14-27(24(19)29)20-7-9-30-13-21(20)28/h1-8,16,18,25-26,29,33H,9-15,17H2;2-5,9-11,13,19-20,29H,6-8,12H2,1H3;2-5,8,10-11,13,20-21,29H,6-7,9,12H2,1H3;2-6,8,11-12,14,20-21,28H,7,9-10,13H2,1H3/t25-,26-;19-,20-;2*20-,21-/m0000/s1. The zero-order chi connectivity index (χ0) is 88.9. The molecule has 12 heterocycles. The molecule has 5 aliphatic heterocycles. The summed E-state index contributed by atoms with van der Waals surface area (Å²) in [6, 6.07) is 59.0. The summed E-state index contributed by atoms with van der Waals surface area (Å²) in [4.78, 5) is 87.8. The zero-order valence-corrected chi connectivity index (χ0v) is 73.8. The summed E-state index contributed by atoms with van der Waals surface area (Å²) in [5.41, 5.74) is 12.8. The molecule has 129 heavy (non-hydrogen) atoms. The number of hydrogen-bond donors (Lipinski definition) is 5. The second-order valence-electron chi connectivity index (χ2n) is 33.3. The lowest BCUT2D eigenvalue weighted by atomic mass is 9.95. The Bertz CT molecular complexity index is 7120. The van der Waals surface area contributed by atoms with Crippen molar-refractivity contribution in [3.05, 3.63) is 315 Å². The van der Waals surface area contributed by atoms with Crippen molar-refractivity contribution in [1.82, 2.24) is 58.5 Å². The molecular weight excluding hydrogens is 1690 g/mol. The highest BCUT2D eigenvalue weighted by molar-refractivity contribution is 7.98. The van der Waals surface area contributed by atoms with Gasteiger partial charge in [-0.3, -0.25) is 37.4 Å². The van der Waals surface area contributed by atoms with Crippen LogP contribution in [0.3, 0.4) is 0 Å². The number of thioether (sulfide) groups is 1. The third kappa shape index (κ3) is 18.8. The molecule has 5 fully saturated rings. The smallest absolute Gasteiger partial charge is 0.261 e. The fourth-order valence-corrected chi connectivity index (χ4v) is 19.6. The molecule has 0 aliphatic carbocycles. The summed E-state index contributed by atoms with van der Waals surface area (Å²) in [7, 11) is 1.55. The van der Waals surface area contributed by atoms with Crippen LogP contribution in [0, 0.1) is 6.92 Å². The van der Waals surface area contributed by atoms with Gasteiger partial charge < -0.3 is 54.3 Å². The van der Waals surface area contributed by atoms with E-state index < -0.39 is 24.4 Å². The quantitative estimate of drug-likeness (QED) is 0.0362. The average molecular weight is 1790 g/mol. The topological polar surface area (TPSA) is 321 Å². The maximum atomic E-state index is 13.6. The van der Waals surface area contributed by atoms with Crippen LogP contribution in [-0.2, 0) is 44.6 Å². The summed E-state index contributed by atoms with van der Waals surface area (Å²) in [6.45, 7) is 8.96. The van der Waals surface area contributed by atoms with E-state index in [0.29, 0.717) is 131 Å². The van der Waals surface area contributed by atoms with Crippen LogP contribution >= 0.6 is 35.0 Å². The number of piperazine rings is 1. The van der Waals surface area contributed by atoms with Gasteiger partial charge in [-0.25, -0.2) is 34.9 Å². The lowest BCUT2D eigenvalue weighted by molar-refractivity contribution is -0.0395. The van der Waals surface area contributed by atoms with Crippen molar-refractivity contribution in [2.24, 2.45) is 0 Å². The number of nitrogens with one attached hydrogen (secondary N) is 1. The second-order valence-corrected chi connectivity index (χ2v) is 34.9. The molecule has 0 unspecified atom stereocenters. The van der Waals surface area contributed by atoms with Gasteiger partial charge in [0, 0.05) is 97.8 Å². The summed E-state index contributed by atoms with van der Waals surface area (Å²) < 4.78 is 32.9. The Kier molecular flexibility index (Phi) is 26.7. The van der Waals surface area contributed by atoms with Gasteiger partial charge in [0.2, 0.25) is 5.88 Å². The molecule has 16 aromatic rings. The highest BCUT2D eigenvalue weighted by Crippen LogP contribution is 2.37. The number of methoxy groups -OCH3 is 1. The van der Waals surface area contributed by atoms with Crippen molar-refractivity contribution < 1.29 is 44.1 Å². The van der Waals surface area contributed by atoms with E-state index in [1.165, 1.54) is 11.3 Å². The van der Waals surface area contributed by atoms with E-state index in [4.69, 9.17) is 51.9 Å². The molecule has 5 aliphatic rings. The van der Waals surface area contributed by atoms with Gasteiger partial charge >= 0.3 is 0 Å². The third-order valence-corrected chi connectivity index (χ3v) is 26.2. The molecule has 0 amide bonds. The van der Waals surface area contributed by atoms with E-state index in [0.717, 1.165) is 125 Å². The Morgan fingerprint density at radius 1 is 0.403 bits per heavy atom. The molecule has 0 saturated carbocycles. The number of rotatable bonds is 15. The Balaban J connectivity index is 0.000000116. The fraction of sp³-hybridized carbons (Fsp3) is 0.310. The first-order valence-corrected chi connectivity index (χ1v) is 45.4. The summed E-state index contributed by atoms with van der Waals surface area (Å²) in [6.07, 6.45) is 12.1. The van der Waals surface area contributed by atoms with Crippen LogP contribution in [0.4, 0.5) is 5.69 Å². The molecule has 9 aromatic carbocycles. The Hall–Kier alpha value is -11.8. The second kappa shape index (κ2) is 39.3. The van der Waals surface area contributed by atoms with Gasteiger partial charge in [0.05, 0.1) is 156 Å². The number of hydrogen-bond acceptors (Lipinski definition) is 23. The van der Waals surface area contributed by atoms with Gasteiger partial charge in [0.25, 0.3) is 22.2 Å². The molecule has 8 atom stereocenters. The number of aliphatic hydroxyl groups excluding tert-OH is 4. The van der Waals surface area contributed by atoms with Crippen LogP contribution in [0.5, 0.6) is 5.88 Å². The minimum atomic E-state index is -0.743. The maximum Gasteiger partial charge on any atom is 0.261 e. The van der Waals surface area contributed by atoms with Crippen molar-refractivity contribution in [3.8, 4) is 5.88 Å². The summed E-state index contributed by atoms with van der Waals surface area (Å²) >= 11 is 13.9. The van der Waals surface area contributed by atoms with E-state index in [1.807, 2.05) is 147 Å². The normalized spacial score (nSPS) is 19.6. The number of pyridine rings is 3. The largest absolute Gasteiger partial charge is 0.481 e. The Morgan fingerprint density at radius 2 is 0.744 bits per heavy atom. The highest BCUT2D eigenvalue weighted by Gasteiger charge is 2.33. The van der Waals surface area contributed by atoms with Gasteiger partial charge in [0.15, 0.2) is 0 Å². The van der Waals surface area contributed by atoms with Gasteiger partial charge in [-0.1, -0.05) is 132 Å². The van der Waals surface area contributed by atoms with Crippen LogP contribution < -0.4 is 37.2 Å². The lowest BCUT2D eigenvalue weighted by Gasteiger charge is -2.29. The SMILES string of the molecule is COc1cc(Cc2cc3c(=O)n([C@H]4CCOC[C@@H]4O)cnc3c3ccccc23)cc(Cl)n1.CSc1cc(Cc2cc3c(=O)n([C@H]4CCOC[C@@H]4O)cnc3c3ccccc23)ccn1.Cc1cc(Cc2cc3c(=O)n([C@H]4CCOC[C@@H]4O)cnc3c3ccccc23)cc(Cl)n1.O=c1c2cc(Cc3ccc(N4CCNCC4)cc3)c3ccccc3c2ncn1[C@H]1CCOC[C@@H]1O. The first-order chi connectivity index (χ1) is 62.9. The van der Waals surface area contributed by atoms with Gasteiger partial charge in [-0.2, -0.15) is 0 Å². The molecule has 26 nitrogen and oxygen atoms in total. The number of halogens is 2. The van der Waals surface area contributed by atoms with Crippen LogP contribution in [0.25, 0.3) is 86.7 Å². The molecule has 5 N–H and O–H groups in total. The number of ether oxygens (including phenoxy) is 5. The van der Waals surface area contributed by atoms with Gasteiger partial charge in [-0.05, 0) is 197 Å². The van der Waals surface area contributed by atoms with E-state index >= 15 is 0 Å². The van der Waals surface area contributed by atoms with E-state index in [-0.39, 0.29) is 72.8 Å². The molecule has 0 bridgehead atoms. The lowest BCUT2D eigenvalue weighted by Crippen LogP contribution is -2.43. The minimum Gasteiger partial charge on any atom is -0.481 e. The molecule has 21 rings (SSSR count). The molecule has 0 spiro atoms. The summed E-state index contributed by atoms with van der Waals surface area (Å²) in [5.74, 6) is 0.440. The molecular formula is C100H97Cl2N13O13S. The molecule has 660 valence electrons. The van der Waals surface area contributed by atoms with Gasteiger partial charge in [-0.15, -0.1) is 11.8 Å². The monoisotopic (exact) mass is 1790 g/mol. The van der Waals surface area contributed by atoms with Crippen molar-refractivity contribution in [2.45, 2.75) is 112 Å². The zero-order valence-electron chi connectivity index (χ0n) is 71.5.